The summed E-state index contributed by atoms with van der Waals surface area (Å²) in [7, 11) is -3.34. The third-order valence-electron chi connectivity index (χ3n) is 3.60. The van der Waals surface area contributed by atoms with Gasteiger partial charge in [-0.05, 0) is 26.7 Å². The maximum Gasteiger partial charge on any atom is 0.237 e. The third-order valence-corrected chi connectivity index (χ3v) is 5.69. The molecule has 0 radical (unpaired) electrons. The van der Waals surface area contributed by atoms with Gasteiger partial charge >= 0.3 is 0 Å². The Kier molecular flexibility index (Phi) is 4.42. The lowest BCUT2D eigenvalue weighted by atomic mass is 10.1. The molecule has 7 nitrogen and oxygen atoms in total. The van der Waals surface area contributed by atoms with Gasteiger partial charge in [-0.15, -0.1) is 0 Å². The van der Waals surface area contributed by atoms with E-state index in [-0.39, 0.29) is 11.9 Å². The first-order valence-electron chi connectivity index (χ1n) is 6.73. The molecule has 2 rings (SSSR count). The zero-order valence-electron chi connectivity index (χ0n) is 11.8. The third kappa shape index (κ3) is 3.36. The smallest absolute Gasteiger partial charge is 0.237 e. The van der Waals surface area contributed by atoms with Crippen molar-refractivity contribution in [3.8, 4) is 0 Å². The largest absolute Gasteiger partial charge is 0.340 e. The first-order valence-corrected chi connectivity index (χ1v) is 8.45. The van der Waals surface area contributed by atoms with Gasteiger partial charge in [0.1, 0.15) is 18.4 Å². The predicted octanol–water partition coefficient (Wildman–Crippen LogP) is 0.265. The van der Waals surface area contributed by atoms with E-state index in [1.54, 1.807) is 29.8 Å². The molecule has 1 fully saturated rings. The highest BCUT2D eigenvalue weighted by Crippen LogP contribution is 2.20. The summed E-state index contributed by atoms with van der Waals surface area (Å²) in [6.45, 7) is 4.29. The second-order valence-corrected chi connectivity index (χ2v) is 7.92. The fraction of sp³-hybridized carbons (Fsp3) is 0.750. The van der Waals surface area contributed by atoms with Gasteiger partial charge in [0.15, 0.2) is 9.84 Å². The molecule has 0 aliphatic carbocycles. The normalized spacial score (nSPS) is 20.4. The van der Waals surface area contributed by atoms with Crippen molar-refractivity contribution >= 4 is 15.7 Å². The van der Waals surface area contributed by atoms with Crippen molar-refractivity contribution in [3.63, 3.8) is 0 Å². The van der Waals surface area contributed by atoms with Crippen LogP contribution in [0.4, 0.5) is 0 Å². The molecule has 0 N–H and O–H groups in total. The fourth-order valence-corrected chi connectivity index (χ4v) is 3.09. The molecule has 1 unspecified atom stereocenters. The van der Waals surface area contributed by atoms with Crippen LogP contribution in [0.25, 0.3) is 0 Å². The number of hydrogen-bond acceptors (Lipinski definition) is 5. The van der Waals surface area contributed by atoms with Gasteiger partial charge in [-0.3, -0.25) is 4.79 Å². The quantitative estimate of drug-likeness (QED) is 0.796. The number of likely N-dealkylation sites (tertiary alicyclic amines) is 1. The van der Waals surface area contributed by atoms with Gasteiger partial charge in [-0.1, -0.05) is 0 Å². The minimum atomic E-state index is -3.34. The van der Waals surface area contributed by atoms with Crippen LogP contribution in [0.5, 0.6) is 0 Å². The molecule has 1 atom stereocenters. The lowest BCUT2D eigenvalue weighted by Gasteiger charge is -2.32. The Balaban J connectivity index is 2.00. The Hall–Kier alpha value is -1.44. The summed E-state index contributed by atoms with van der Waals surface area (Å²) in [6, 6.07) is 0.0805. The van der Waals surface area contributed by atoms with Gasteiger partial charge < -0.3 is 4.90 Å². The van der Waals surface area contributed by atoms with Crippen LogP contribution in [-0.4, -0.2) is 58.1 Å². The number of carbonyl (C=O) groups is 1. The van der Waals surface area contributed by atoms with Crippen molar-refractivity contribution in [2.75, 3.05) is 18.8 Å². The molecule has 20 heavy (non-hydrogen) atoms. The highest BCUT2D eigenvalue weighted by molar-refractivity contribution is 7.92. The van der Waals surface area contributed by atoms with Crippen LogP contribution < -0.4 is 0 Å². The van der Waals surface area contributed by atoms with Crippen LogP contribution in [0.1, 0.15) is 32.7 Å². The van der Waals surface area contributed by atoms with E-state index in [1.165, 1.54) is 6.33 Å². The second kappa shape index (κ2) is 5.90. The molecular weight excluding hydrogens is 280 g/mol. The van der Waals surface area contributed by atoms with Gasteiger partial charge in [0.05, 0.1) is 11.3 Å². The molecular formula is C12H20N4O3S. The van der Waals surface area contributed by atoms with Crippen molar-refractivity contribution in [1.29, 1.82) is 0 Å². The zero-order valence-corrected chi connectivity index (χ0v) is 12.6. The van der Waals surface area contributed by atoms with Crippen molar-refractivity contribution in [3.05, 3.63) is 12.7 Å². The highest BCUT2D eigenvalue weighted by Gasteiger charge is 2.29. The Morgan fingerprint density at radius 2 is 2.20 bits per heavy atom. The van der Waals surface area contributed by atoms with E-state index in [2.05, 4.69) is 10.1 Å². The molecule has 0 spiro atoms. The van der Waals surface area contributed by atoms with Crippen LogP contribution in [0, 0.1) is 0 Å². The maximum absolute atomic E-state index is 12.1. The molecule has 112 valence electrons. The van der Waals surface area contributed by atoms with Gasteiger partial charge in [0.25, 0.3) is 0 Å². The molecule has 1 saturated heterocycles. The standard InChI is InChI=1S/C12H20N4O3S/c1-10(2)20(18,19)7-12(17)15-5-3-4-11(6-15)16-9-13-8-14-16/h8-11H,3-7H2,1-2H3. The maximum atomic E-state index is 12.1. The number of carbonyl (C=O) groups excluding carboxylic acids is 1. The number of amides is 1. The first-order chi connectivity index (χ1) is 9.40. The summed E-state index contributed by atoms with van der Waals surface area (Å²) in [6.07, 6.45) is 4.86. The van der Waals surface area contributed by atoms with E-state index in [4.69, 9.17) is 0 Å². The van der Waals surface area contributed by atoms with Crippen LogP contribution in [-0.2, 0) is 14.6 Å². The molecule has 0 bridgehead atoms. The number of piperidine rings is 1. The molecule has 8 heteroatoms. The van der Waals surface area contributed by atoms with E-state index in [1.807, 2.05) is 0 Å². The summed E-state index contributed by atoms with van der Waals surface area (Å²) in [5.74, 6) is -0.724. The van der Waals surface area contributed by atoms with Crippen LogP contribution in [0.3, 0.4) is 0 Å². The average Bonchev–Trinajstić information content (AvgIpc) is 2.92. The van der Waals surface area contributed by atoms with Crippen LogP contribution >= 0.6 is 0 Å². The number of hydrogen-bond donors (Lipinski definition) is 0. The summed E-state index contributed by atoms with van der Waals surface area (Å²) in [5.41, 5.74) is 0. The van der Waals surface area contributed by atoms with Crippen molar-refractivity contribution < 1.29 is 13.2 Å². The Morgan fingerprint density at radius 3 is 2.80 bits per heavy atom. The number of sulfone groups is 1. The Bertz CT molecular complexity index is 553. The van der Waals surface area contributed by atoms with Gasteiger partial charge in [-0.25, -0.2) is 18.1 Å². The molecule has 0 saturated carbocycles. The summed E-state index contributed by atoms with van der Waals surface area (Å²) in [5, 5.41) is 3.56. The molecule has 1 aromatic heterocycles. The Labute approximate surface area is 118 Å². The highest BCUT2D eigenvalue weighted by atomic mass is 32.2. The number of nitrogens with zero attached hydrogens (tertiary/aromatic N) is 4. The van der Waals surface area contributed by atoms with Crippen molar-refractivity contribution in [1.82, 2.24) is 19.7 Å². The molecule has 1 aliphatic heterocycles. The first kappa shape index (κ1) is 15.0. The van der Waals surface area contributed by atoms with E-state index >= 15 is 0 Å². The van der Waals surface area contributed by atoms with Crippen LogP contribution in [0.15, 0.2) is 12.7 Å². The fourth-order valence-electron chi connectivity index (χ4n) is 2.23. The number of aromatic nitrogens is 3. The van der Waals surface area contributed by atoms with E-state index in [0.29, 0.717) is 13.1 Å². The summed E-state index contributed by atoms with van der Waals surface area (Å²) in [4.78, 5) is 17.7. The van der Waals surface area contributed by atoms with Gasteiger partial charge in [0, 0.05) is 13.1 Å². The van der Waals surface area contributed by atoms with Crippen LogP contribution in [0.2, 0.25) is 0 Å². The van der Waals surface area contributed by atoms with E-state index in [9.17, 15) is 13.2 Å². The SMILES string of the molecule is CC(C)S(=O)(=O)CC(=O)N1CCCC(n2cncn2)C1. The lowest BCUT2D eigenvalue weighted by Crippen LogP contribution is -2.44. The minimum Gasteiger partial charge on any atom is -0.340 e. The van der Waals surface area contributed by atoms with Gasteiger partial charge in [-0.2, -0.15) is 5.10 Å². The van der Waals surface area contributed by atoms with E-state index < -0.39 is 20.8 Å². The topological polar surface area (TPSA) is 85.2 Å². The van der Waals surface area contributed by atoms with E-state index in [0.717, 1.165) is 12.8 Å². The molecule has 1 aromatic rings. The predicted molar refractivity (Wildman–Crippen MR) is 73.8 cm³/mol. The minimum absolute atomic E-state index is 0.0805. The Morgan fingerprint density at radius 1 is 1.45 bits per heavy atom. The number of rotatable bonds is 4. The van der Waals surface area contributed by atoms with Gasteiger partial charge in [0.2, 0.25) is 5.91 Å². The lowest BCUT2D eigenvalue weighted by molar-refractivity contribution is -0.130. The second-order valence-electron chi connectivity index (χ2n) is 5.37. The average molecular weight is 300 g/mol. The zero-order chi connectivity index (χ0) is 14.8. The van der Waals surface area contributed by atoms with Crippen molar-refractivity contribution in [2.45, 2.75) is 38.0 Å². The summed E-state index contributed by atoms with van der Waals surface area (Å²) < 4.78 is 25.4. The molecule has 0 aromatic carbocycles. The van der Waals surface area contributed by atoms with Crippen molar-refractivity contribution in [2.24, 2.45) is 0 Å². The molecule has 2 heterocycles. The molecule has 1 amide bonds. The summed E-state index contributed by atoms with van der Waals surface area (Å²) >= 11 is 0. The monoisotopic (exact) mass is 300 g/mol. The molecule has 1 aliphatic rings.